The zero-order valence-electron chi connectivity index (χ0n) is 18.3. The van der Waals surface area contributed by atoms with Crippen molar-refractivity contribution in [1.82, 2.24) is 15.6 Å². The number of thiazole rings is 1. The van der Waals surface area contributed by atoms with E-state index in [9.17, 15) is 19.7 Å². The third kappa shape index (κ3) is 5.96. The van der Waals surface area contributed by atoms with E-state index in [4.69, 9.17) is 4.74 Å². The van der Waals surface area contributed by atoms with Gasteiger partial charge >= 0.3 is 0 Å². The molecule has 0 radical (unpaired) electrons. The normalized spacial score (nSPS) is 17.5. The lowest BCUT2D eigenvalue weighted by Gasteiger charge is -2.32. The van der Waals surface area contributed by atoms with Crippen LogP contribution in [0.4, 0.5) is 5.69 Å². The van der Waals surface area contributed by atoms with Gasteiger partial charge in [-0.2, -0.15) is 0 Å². The first-order valence-electron chi connectivity index (χ1n) is 11.0. The highest BCUT2D eigenvalue weighted by molar-refractivity contribution is 7.09. The van der Waals surface area contributed by atoms with Crippen molar-refractivity contribution in [2.24, 2.45) is 0 Å². The Bertz CT molecular complexity index is 1170. The van der Waals surface area contributed by atoms with Gasteiger partial charge in [0.05, 0.1) is 4.92 Å². The number of para-hydroxylation sites is 1. The van der Waals surface area contributed by atoms with Crippen LogP contribution < -0.4 is 15.4 Å². The van der Waals surface area contributed by atoms with Gasteiger partial charge in [-0.1, -0.05) is 37.1 Å². The summed E-state index contributed by atoms with van der Waals surface area (Å²) in [5, 5.41) is 19.3. The van der Waals surface area contributed by atoms with Crippen molar-refractivity contribution < 1.29 is 19.2 Å². The van der Waals surface area contributed by atoms with E-state index < -0.39 is 10.8 Å². The van der Waals surface area contributed by atoms with Gasteiger partial charge in [0.2, 0.25) is 0 Å². The number of nitrogens with zero attached hydrogens (tertiary/aromatic N) is 2. The van der Waals surface area contributed by atoms with Crippen molar-refractivity contribution in [3.05, 3.63) is 86.4 Å². The lowest BCUT2D eigenvalue weighted by atomic mass is 9.90. The van der Waals surface area contributed by atoms with Gasteiger partial charge in [-0.05, 0) is 31.0 Å². The number of aromatic nitrogens is 1. The molecule has 0 aliphatic heterocycles. The minimum atomic E-state index is -0.534. The summed E-state index contributed by atoms with van der Waals surface area (Å²) in [6.45, 7) is 0.271. The number of non-ortho nitro benzene ring substituents is 1. The second kappa shape index (κ2) is 10.9. The Morgan fingerprint density at radius 3 is 2.44 bits per heavy atom. The minimum Gasteiger partial charge on any atom is -0.486 e. The van der Waals surface area contributed by atoms with Crippen LogP contribution in [-0.2, 0) is 6.61 Å². The molecule has 4 rings (SSSR count). The molecule has 1 saturated carbocycles. The topological polar surface area (TPSA) is 123 Å². The number of ether oxygens (including phenoxy) is 1. The Morgan fingerprint density at radius 1 is 1.03 bits per heavy atom. The molecule has 2 amide bonds. The molecule has 0 spiro atoms. The molecule has 34 heavy (non-hydrogen) atoms. The maximum atomic E-state index is 12.8. The molecule has 1 aliphatic rings. The van der Waals surface area contributed by atoms with Crippen molar-refractivity contribution in [2.75, 3.05) is 0 Å². The van der Waals surface area contributed by atoms with E-state index in [0.29, 0.717) is 17.1 Å². The highest BCUT2D eigenvalue weighted by Gasteiger charge is 2.29. The molecule has 9 nitrogen and oxygen atoms in total. The summed E-state index contributed by atoms with van der Waals surface area (Å²) < 4.78 is 5.69. The fourth-order valence-electron chi connectivity index (χ4n) is 3.87. The van der Waals surface area contributed by atoms with E-state index in [0.717, 1.165) is 25.0 Å². The lowest BCUT2D eigenvalue weighted by molar-refractivity contribution is -0.384. The maximum Gasteiger partial charge on any atom is 0.271 e. The molecule has 1 heterocycles. The average molecular weight is 481 g/mol. The van der Waals surface area contributed by atoms with Gasteiger partial charge < -0.3 is 15.4 Å². The third-order valence-corrected chi connectivity index (χ3v) is 6.43. The molecule has 1 aliphatic carbocycles. The molecular weight excluding hydrogens is 456 g/mol. The number of benzene rings is 2. The Hall–Kier alpha value is -3.79. The van der Waals surface area contributed by atoms with Crippen molar-refractivity contribution in [3.63, 3.8) is 0 Å². The third-order valence-electron chi connectivity index (χ3n) is 5.61. The first-order valence-corrected chi connectivity index (χ1v) is 11.9. The summed E-state index contributed by atoms with van der Waals surface area (Å²) in [4.78, 5) is 40.4. The molecule has 2 N–H and O–H groups in total. The Balaban J connectivity index is 1.36. The average Bonchev–Trinajstić information content (AvgIpc) is 3.34. The van der Waals surface area contributed by atoms with Crippen molar-refractivity contribution >= 4 is 28.8 Å². The van der Waals surface area contributed by atoms with E-state index in [1.165, 1.54) is 35.6 Å². The van der Waals surface area contributed by atoms with Crippen LogP contribution in [0, 0.1) is 10.1 Å². The molecule has 10 heteroatoms. The second-order valence-corrected chi connectivity index (χ2v) is 8.92. The Kier molecular flexibility index (Phi) is 7.48. The largest absolute Gasteiger partial charge is 0.486 e. The smallest absolute Gasteiger partial charge is 0.271 e. The number of rotatable bonds is 8. The summed E-state index contributed by atoms with van der Waals surface area (Å²) in [6.07, 6.45) is 3.28. The zero-order valence-corrected chi connectivity index (χ0v) is 19.1. The van der Waals surface area contributed by atoms with Crippen LogP contribution in [0.3, 0.4) is 0 Å². The number of hydrogen-bond donors (Lipinski definition) is 2. The highest BCUT2D eigenvalue weighted by atomic mass is 32.1. The maximum absolute atomic E-state index is 12.8. The molecule has 2 atom stereocenters. The fourth-order valence-corrected chi connectivity index (χ4v) is 4.56. The Labute approximate surface area is 200 Å². The summed E-state index contributed by atoms with van der Waals surface area (Å²) in [5.74, 6) is 0.0285. The van der Waals surface area contributed by atoms with Crippen LogP contribution in [0.2, 0.25) is 0 Å². The van der Waals surface area contributed by atoms with Crippen LogP contribution in [0.1, 0.15) is 51.5 Å². The number of carbonyl (C=O) groups excluding carboxylic acids is 2. The molecule has 0 saturated heterocycles. The summed E-state index contributed by atoms with van der Waals surface area (Å²) in [5.41, 5.74) is 0.384. The minimum absolute atomic E-state index is 0.142. The zero-order chi connectivity index (χ0) is 23.9. The van der Waals surface area contributed by atoms with Gasteiger partial charge in [0.15, 0.2) is 0 Å². The number of nitro benzene ring substituents is 1. The molecule has 176 valence electrons. The first kappa shape index (κ1) is 23.4. The van der Waals surface area contributed by atoms with E-state index in [1.807, 2.05) is 30.3 Å². The van der Waals surface area contributed by atoms with Gasteiger partial charge in [0, 0.05) is 35.2 Å². The van der Waals surface area contributed by atoms with Gasteiger partial charge in [0.25, 0.3) is 17.5 Å². The van der Waals surface area contributed by atoms with Gasteiger partial charge in [-0.15, -0.1) is 11.3 Å². The summed E-state index contributed by atoms with van der Waals surface area (Å²) in [7, 11) is 0. The van der Waals surface area contributed by atoms with E-state index in [2.05, 4.69) is 15.6 Å². The van der Waals surface area contributed by atoms with Crippen LogP contribution in [0.15, 0.2) is 60.0 Å². The SMILES string of the molecule is O=C(N[C@@H]1CCCC[C@H]1NC(=O)c1csc(COc2ccccc2)n1)c1cccc([N+](=O)[O-])c1. The predicted molar refractivity (Wildman–Crippen MR) is 127 cm³/mol. The molecule has 2 aromatic carbocycles. The van der Waals surface area contributed by atoms with Gasteiger partial charge in [0.1, 0.15) is 23.1 Å². The van der Waals surface area contributed by atoms with Gasteiger partial charge in [-0.3, -0.25) is 19.7 Å². The number of nitrogens with one attached hydrogen (secondary N) is 2. The molecule has 0 unspecified atom stereocenters. The summed E-state index contributed by atoms with van der Waals surface area (Å²) in [6, 6.07) is 14.5. The van der Waals surface area contributed by atoms with Crippen LogP contribution in [0.5, 0.6) is 5.75 Å². The lowest BCUT2D eigenvalue weighted by Crippen LogP contribution is -2.53. The second-order valence-electron chi connectivity index (χ2n) is 7.98. The molecule has 0 bridgehead atoms. The highest BCUT2D eigenvalue weighted by Crippen LogP contribution is 2.21. The van der Waals surface area contributed by atoms with Crippen LogP contribution in [-0.4, -0.2) is 33.8 Å². The first-order chi connectivity index (χ1) is 16.5. The summed E-state index contributed by atoms with van der Waals surface area (Å²) >= 11 is 1.35. The number of carbonyl (C=O) groups is 2. The molecule has 3 aromatic rings. The van der Waals surface area contributed by atoms with E-state index in [1.54, 1.807) is 5.38 Å². The van der Waals surface area contributed by atoms with E-state index in [-0.39, 0.29) is 35.8 Å². The molecule has 1 aromatic heterocycles. The van der Waals surface area contributed by atoms with Crippen molar-refractivity contribution in [2.45, 2.75) is 44.4 Å². The number of nitro groups is 1. The standard InChI is InChI=1S/C24H24N4O5S/c29-23(16-7-6-8-17(13-16)28(31)32)26-19-11-4-5-12-20(19)27-24(30)21-15-34-22(25-21)14-33-18-9-2-1-3-10-18/h1-3,6-10,13,15,19-20H,4-5,11-12,14H2,(H,26,29)(H,27,30)/t19-,20-/m1/s1. The van der Waals surface area contributed by atoms with Crippen molar-refractivity contribution in [3.8, 4) is 5.75 Å². The fraction of sp³-hybridized carbons (Fsp3) is 0.292. The monoisotopic (exact) mass is 480 g/mol. The van der Waals surface area contributed by atoms with Crippen LogP contribution >= 0.6 is 11.3 Å². The Morgan fingerprint density at radius 2 is 1.74 bits per heavy atom. The quantitative estimate of drug-likeness (QED) is 0.370. The van der Waals surface area contributed by atoms with E-state index >= 15 is 0 Å². The predicted octanol–water partition coefficient (Wildman–Crippen LogP) is 4.10. The molecule has 1 fully saturated rings. The molecular formula is C24H24N4O5S. The number of hydrogen-bond acceptors (Lipinski definition) is 7. The number of amides is 2. The van der Waals surface area contributed by atoms with Crippen molar-refractivity contribution in [1.29, 1.82) is 0 Å². The van der Waals surface area contributed by atoms with Gasteiger partial charge in [-0.25, -0.2) is 4.98 Å². The van der Waals surface area contributed by atoms with Crippen LogP contribution in [0.25, 0.3) is 0 Å².